The quantitative estimate of drug-likeness (QED) is 0.736. The zero-order valence-electron chi connectivity index (χ0n) is 11.9. The van der Waals surface area contributed by atoms with Crippen LogP contribution in [0.3, 0.4) is 0 Å². The summed E-state index contributed by atoms with van der Waals surface area (Å²) in [5.74, 6) is -0.918. The number of ether oxygens (including phenoxy) is 1. The summed E-state index contributed by atoms with van der Waals surface area (Å²) < 4.78 is 5.19. The lowest BCUT2D eigenvalue weighted by atomic mass is 10.00. The molecule has 0 bridgehead atoms. The normalized spacial score (nSPS) is 23.4. The number of likely N-dealkylation sites (tertiary alicyclic amines) is 1. The highest BCUT2D eigenvalue weighted by molar-refractivity contribution is 6.01. The van der Waals surface area contributed by atoms with Crippen LogP contribution in [0.15, 0.2) is 12.7 Å². The fraction of sp³-hybridized carbons (Fsp3) is 0.643. The molecule has 1 rings (SSSR count). The van der Waals surface area contributed by atoms with E-state index < -0.39 is 17.7 Å². The fourth-order valence-corrected chi connectivity index (χ4v) is 2.10. The van der Waals surface area contributed by atoms with Gasteiger partial charge in [-0.1, -0.05) is 6.08 Å². The number of carbonyl (C=O) groups is 3. The highest BCUT2D eigenvalue weighted by atomic mass is 16.6. The van der Waals surface area contributed by atoms with Gasteiger partial charge in [0.15, 0.2) is 5.78 Å². The minimum atomic E-state index is -0.746. The van der Waals surface area contributed by atoms with Crippen molar-refractivity contribution in [3.8, 4) is 0 Å². The van der Waals surface area contributed by atoms with Crippen LogP contribution >= 0.6 is 0 Å². The molecule has 1 fully saturated rings. The highest BCUT2D eigenvalue weighted by Gasteiger charge is 2.46. The molecule has 5 nitrogen and oxygen atoms in total. The first-order valence-corrected chi connectivity index (χ1v) is 6.34. The molecule has 0 N–H and O–H groups in total. The zero-order valence-corrected chi connectivity index (χ0v) is 11.9. The van der Waals surface area contributed by atoms with Crippen molar-refractivity contribution in [3.63, 3.8) is 0 Å². The molecular weight excluding hydrogens is 246 g/mol. The van der Waals surface area contributed by atoms with E-state index in [1.807, 2.05) is 0 Å². The van der Waals surface area contributed by atoms with E-state index in [1.165, 1.54) is 6.92 Å². The van der Waals surface area contributed by atoms with Crippen LogP contribution in [0.4, 0.5) is 4.79 Å². The Morgan fingerprint density at radius 1 is 1.47 bits per heavy atom. The molecule has 2 atom stereocenters. The van der Waals surface area contributed by atoms with E-state index in [1.54, 1.807) is 26.8 Å². The maximum absolute atomic E-state index is 12.2. The van der Waals surface area contributed by atoms with Crippen molar-refractivity contribution < 1.29 is 19.1 Å². The van der Waals surface area contributed by atoms with E-state index in [0.717, 1.165) is 4.90 Å². The lowest BCUT2D eigenvalue weighted by Crippen LogP contribution is -2.45. The lowest BCUT2D eigenvalue weighted by molar-refractivity contribution is -0.134. The van der Waals surface area contributed by atoms with Crippen molar-refractivity contribution in [2.24, 2.45) is 5.92 Å². The van der Waals surface area contributed by atoms with Crippen LogP contribution in [-0.2, 0) is 14.3 Å². The molecular formula is C14H21NO4. The summed E-state index contributed by atoms with van der Waals surface area (Å²) in [5, 5.41) is 0. The molecule has 106 valence electrons. The van der Waals surface area contributed by atoms with E-state index in [2.05, 4.69) is 6.58 Å². The van der Waals surface area contributed by atoms with E-state index in [4.69, 9.17) is 4.74 Å². The number of carbonyl (C=O) groups excluding carboxylic acids is 3. The Balaban J connectivity index is 2.94. The molecule has 19 heavy (non-hydrogen) atoms. The van der Waals surface area contributed by atoms with E-state index >= 15 is 0 Å². The van der Waals surface area contributed by atoms with E-state index in [0.29, 0.717) is 12.8 Å². The Kier molecular flexibility index (Phi) is 4.50. The monoisotopic (exact) mass is 267 g/mol. The smallest absolute Gasteiger partial charge is 0.417 e. The molecule has 0 aromatic heterocycles. The minimum absolute atomic E-state index is 0.203. The summed E-state index contributed by atoms with van der Waals surface area (Å²) >= 11 is 0. The van der Waals surface area contributed by atoms with Crippen LogP contribution in [0.2, 0.25) is 0 Å². The topological polar surface area (TPSA) is 63.7 Å². The molecule has 1 unspecified atom stereocenters. The van der Waals surface area contributed by atoms with Crippen molar-refractivity contribution in [1.82, 2.24) is 4.90 Å². The van der Waals surface area contributed by atoms with Crippen molar-refractivity contribution in [1.29, 1.82) is 0 Å². The van der Waals surface area contributed by atoms with Crippen LogP contribution in [0, 0.1) is 5.92 Å². The van der Waals surface area contributed by atoms with Gasteiger partial charge in [-0.25, -0.2) is 9.69 Å². The van der Waals surface area contributed by atoms with Crippen LogP contribution in [-0.4, -0.2) is 34.3 Å². The summed E-state index contributed by atoms with van der Waals surface area (Å²) in [6, 6.07) is -0.715. The Morgan fingerprint density at radius 2 is 2.05 bits per heavy atom. The number of Topliss-reactive ketones (excluding diaryl/α,β-unsaturated/α-hetero) is 1. The Hall–Kier alpha value is -1.65. The highest BCUT2D eigenvalue weighted by Crippen LogP contribution is 2.29. The van der Waals surface area contributed by atoms with Crippen molar-refractivity contribution in [2.45, 2.75) is 52.2 Å². The average Bonchev–Trinajstić information content (AvgIpc) is 2.54. The third-order valence-electron chi connectivity index (χ3n) is 2.92. The molecule has 5 heteroatoms. The van der Waals surface area contributed by atoms with Gasteiger partial charge in [-0.2, -0.15) is 0 Å². The average molecular weight is 267 g/mol. The van der Waals surface area contributed by atoms with Crippen LogP contribution in [0.25, 0.3) is 0 Å². The van der Waals surface area contributed by atoms with Gasteiger partial charge in [0.05, 0.1) is 0 Å². The Bertz CT molecular complexity index is 408. The number of amides is 2. The number of ketones is 1. The molecule has 0 spiro atoms. The van der Waals surface area contributed by atoms with Gasteiger partial charge in [-0.3, -0.25) is 9.59 Å². The zero-order chi connectivity index (χ0) is 14.8. The summed E-state index contributed by atoms with van der Waals surface area (Å²) in [6.45, 7) is 10.1. The Labute approximate surface area is 113 Å². The molecule has 0 aromatic rings. The van der Waals surface area contributed by atoms with Gasteiger partial charge in [0, 0.05) is 5.92 Å². The number of imide groups is 1. The van der Waals surface area contributed by atoms with Crippen molar-refractivity contribution in [2.75, 3.05) is 0 Å². The van der Waals surface area contributed by atoms with Crippen LogP contribution in [0.5, 0.6) is 0 Å². The number of hydrogen-bond acceptors (Lipinski definition) is 4. The number of allylic oxidation sites excluding steroid dienone is 1. The van der Waals surface area contributed by atoms with Crippen molar-refractivity contribution in [3.05, 3.63) is 12.7 Å². The maximum Gasteiger partial charge on any atom is 0.417 e. The van der Waals surface area contributed by atoms with Crippen molar-refractivity contribution >= 4 is 17.8 Å². The molecule has 1 heterocycles. The first kappa shape index (κ1) is 15.4. The third kappa shape index (κ3) is 3.66. The van der Waals surface area contributed by atoms with E-state index in [-0.39, 0.29) is 17.6 Å². The van der Waals surface area contributed by atoms with Crippen LogP contribution < -0.4 is 0 Å². The second-order valence-corrected chi connectivity index (χ2v) is 5.77. The summed E-state index contributed by atoms with van der Waals surface area (Å²) in [6.07, 6.45) is 1.68. The fourth-order valence-electron chi connectivity index (χ4n) is 2.10. The van der Waals surface area contributed by atoms with Gasteiger partial charge < -0.3 is 4.74 Å². The molecule has 0 radical (unpaired) electrons. The molecule has 1 aliphatic rings. The number of hydrogen-bond donors (Lipinski definition) is 0. The standard InChI is InChI=1S/C14H21NO4/c1-6-7-10-8-11(9(2)16)15(12(10)17)13(18)19-14(3,4)5/h6,10-11H,1,7-8H2,2-5H3/t10?,11-/m0/s1. The van der Waals surface area contributed by atoms with Gasteiger partial charge in [0.25, 0.3) is 0 Å². The summed E-state index contributed by atoms with van der Waals surface area (Å²) in [5.41, 5.74) is -0.699. The molecule has 0 aliphatic carbocycles. The van der Waals surface area contributed by atoms with Gasteiger partial charge in [-0.15, -0.1) is 6.58 Å². The third-order valence-corrected chi connectivity index (χ3v) is 2.92. The summed E-state index contributed by atoms with van der Waals surface area (Å²) in [7, 11) is 0. The Morgan fingerprint density at radius 3 is 2.47 bits per heavy atom. The molecule has 1 saturated heterocycles. The minimum Gasteiger partial charge on any atom is -0.443 e. The lowest BCUT2D eigenvalue weighted by Gasteiger charge is -2.26. The molecule has 2 amide bonds. The van der Waals surface area contributed by atoms with E-state index in [9.17, 15) is 14.4 Å². The second-order valence-electron chi connectivity index (χ2n) is 5.77. The first-order chi connectivity index (χ1) is 8.67. The van der Waals surface area contributed by atoms with Gasteiger partial charge in [-0.05, 0) is 40.5 Å². The SMILES string of the molecule is C=CCC1C[C@@H](C(C)=O)N(C(=O)OC(C)(C)C)C1=O. The molecule has 0 saturated carbocycles. The van der Waals surface area contributed by atoms with Gasteiger partial charge >= 0.3 is 6.09 Å². The largest absolute Gasteiger partial charge is 0.443 e. The number of rotatable bonds is 3. The predicted molar refractivity (Wildman–Crippen MR) is 70.5 cm³/mol. The predicted octanol–water partition coefficient (Wildman–Crippen LogP) is 2.30. The molecule has 1 aliphatic heterocycles. The second kappa shape index (κ2) is 5.55. The van der Waals surface area contributed by atoms with Gasteiger partial charge in [0.1, 0.15) is 11.6 Å². The molecule has 0 aromatic carbocycles. The number of nitrogens with zero attached hydrogens (tertiary/aromatic N) is 1. The van der Waals surface area contributed by atoms with Crippen LogP contribution in [0.1, 0.15) is 40.5 Å². The summed E-state index contributed by atoms with van der Waals surface area (Å²) in [4.78, 5) is 36.8. The van der Waals surface area contributed by atoms with Gasteiger partial charge in [0.2, 0.25) is 5.91 Å². The first-order valence-electron chi connectivity index (χ1n) is 6.34. The maximum atomic E-state index is 12.2.